The predicted molar refractivity (Wildman–Crippen MR) is 77.2 cm³/mol. The molecule has 6 heteroatoms. The topological polar surface area (TPSA) is 93.9 Å². The van der Waals surface area contributed by atoms with Crippen molar-refractivity contribution in [3.63, 3.8) is 0 Å². The molecule has 6 nitrogen and oxygen atoms in total. The van der Waals surface area contributed by atoms with Gasteiger partial charge in [-0.1, -0.05) is 26.8 Å². The number of nitrogens with zero attached hydrogens (tertiary/aromatic N) is 3. The molecule has 2 aromatic rings. The van der Waals surface area contributed by atoms with Crippen molar-refractivity contribution in [1.82, 2.24) is 9.78 Å². The molecule has 21 heavy (non-hydrogen) atoms. The lowest BCUT2D eigenvalue weighted by molar-refractivity contribution is 0.207. The second-order valence-electron chi connectivity index (χ2n) is 5.61. The van der Waals surface area contributed by atoms with Crippen LogP contribution in [-0.2, 0) is 5.41 Å². The summed E-state index contributed by atoms with van der Waals surface area (Å²) in [6.07, 6.45) is -0.909. The summed E-state index contributed by atoms with van der Waals surface area (Å²) in [5.41, 5.74) is 6.74. The van der Waals surface area contributed by atoms with Gasteiger partial charge in [0.2, 0.25) is 5.88 Å². The molecule has 2 N–H and O–H groups in total. The molecule has 0 spiro atoms. The van der Waals surface area contributed by atoms with Gasteiger partial charge in [0.1, 0.15) is 0 Å². The minimum atomic E-state index is -0.909. The number of aromatic nitrogens is 2. The highest BCUT2D eigenvalue weighted by atomic mass is 16.6. The molecule has 0 saturated carbocycles. The third-order valence-corrected chi connectivity index (χ3v) is 2.87. The summed E-state index contributed by atoms with van der Waals surface area (Å²) >= 11 is 0. The molecule has 0 saturated heterocycles. The van der Waals surface area contributed by atoms with Crippen LogP contribution in [0.4, 0.5) is 4.79 Å². The van der Waals surface area contributed by atoms with E-state index in [9.17, 15) is 4.79 Å². The lowest BCUT2D eigenvalue weighted by Gasteiger charge is -2.13. The quantitative estimate of drug-likeness (QED) is 0.916. The minimum Gasteiger partial charge on any atom is -0.391 e. The van der Waals surface area contributed by atoms with E-state index in [0.29, 0.717) is 11.3 Å². The van der Waals surface area contributed by atoms with Crippen molar-refractivity contribution in [2.45, 2.75) is 26.2 Å². The van der Waals surface area contributed by atoms with Crippen LogP contribution >= 0.6 is 0 Å². The van der Waals surface area contributed by atoms with E-state index in [1.165, 1.54) is 4.68 Å². The van der Waals surface area contributed by atoms with E-state index in [2.05, 4.69) is 11.2 Å². The van der Waals surface area contributed by atoms with E-state index in [4.69, 9.17) is 15.7 Å². The fraction of sp³-hybridized carbons (Fsp3) is 0.267. The van der Waals surface area contributed by atoms with Crippen LogP contribution in [0, 0.1) is 11.3 Å². The Morgan fingerprint density at radius 3 is 2.67 bits per heavy atom. The zero-order valence-corrected chi connectivity index (χ0v) is 12.1. The number of rotatable bonds is 2. The van der Waals surface area contributed by atoms with E-state index < -0.39 is 6.09 Å². The molecule has 0 fully saturated rings. The number of ether oxygens (including phenoxy) is 1. The molecule has 1 aromatic carbocycles. The number of benzene rings is 1. The molecule has 0 bridgehead atoms. The molecule has 0 aliphatic carbocycles. The molecular weight excluding hydrogens is 268 g/mol. The van der Waals surface area contributed by atoms with Crippen molar-refractivity contribution in [3.05, 3.63) is 41.6 Å². The Kier molecular flexibility index (Phi) is 3.68. The second-order valence-corrected chi connectivity index (χ2v) is 5.61. The molecule has 108 valence electrons. The maximum atomic E-state index is 11.0. The number of nitrogens with two attached hydrogens (primary N) is 1. The Morgan fingerprint density at radius 1 is 1.38 bits per heavy atom. The standard InChI is InChI=1S/C15H16N4O2/c1-15(2,3)12-8-13(21-14(17)20)19(18-12)11-6-4-5-10(7-11)9-16/h4-8H,1-3H3,(H2,17,20). The van der Waals surface area contributed by atoms with Crippen LogP contribution in [0.1, 0.15) is 32.0 Å². The lowest BCUT2D eigenvalue weighted by atomic mass is 9.93. The van der Waals surface area contributed by atoms with Gasteiger partial charge in [0.05, 0.1) is 23.0 Å². The van der Waals surface area contributed by atoms with Gasteiger partial charge >= 0.3 is 6.09 Å². The first-order chi connectivity index (χ1) is 9.81. The fourth-order valence-corrected chi connectivity index (χ4v) is 1.80. The maximum Gasteiger partial charge on any atom is 0.411 e. The van der Waals surface area contributed by atoms with Crippen LogP contribution in [0.3, 0.4) is 0 Å². The summed E-state index contributed by atoms with van der Waals surface area (Å²) in [6.45, 7) is 6.00. The molecule has 1 amide bonds. The van der Waals surface area contributed by atoms with Crippen molar-refractivity contribution >= 4 is 6.09 Å². The number of carbonyl (C=O) groups excluding carboxylic acids is 1. The first-order valence-corrected chi connectivity index (χ1v) is 6.39. The summed E-state index contributed by atoms with van der Waals surface area (Å²) in [5.74, 6) is 0.225. The Hall–Kier alpha value is -2.81. The average Bonchev–Trinajstić information content (AvgIpc) is 2.82. The summed E-state index contributed by atoms with van der Waals surface area (Å²) in [4.78, 5) is 11.0. The number of hydrogen-bond acceptors (Lipinski definition) is 4. The molecule has 0 atom stereocenters. The van der Waals surface area contributed by atoms with Crippen LogP contribution in [0.15, 0.2) is 30.3 Å². The third kappa shape index (κ3) is 3.20. The number of amides is 1. The summed E-state index contributed by atoms with van der Waals surface area (Å²) in [6, 6.07) is 10.6. The zero-order valence-electron chi connectivity index (χ0n) is 12.1. The highest BCUT2D eigenvalue weighted by Crippen LogP contribution is 2.27. The summed E-state index contributed by atoms with van der Waals surface area (Å²) in [5, 5.41) is 13.4. The van der Waals surface area contributed by atoms with E-state index >= 15 is 0 Å². The van der Waals surface area contributed by atoms with Gasteiger partial charge in [-0.15, -0.1) is 0 Å². The van der Waals surface area contributed by atoms with Crippen LogP contribution in [-0.4, -0.2) is 15.9 Å². The van der Waals surface area contributed by atoms with E-state index in [0.717, 1.165) is 5.69 Å². The van der Waals surface area contributed by atoms with Gasteiger partial charge in [0, 0.05) is 11.5 Å². The maximum absolute atomic E-state index is 11.0. The van der Waals surface area contributed by atoms with E-state index in [1.54, 1.807) is 30.3 Å². The molecule has 1 heterocycles. The SMILES string of the molecule is CC(C)(C)c1cc(OC(N)=O)n(-c2cccc(C#N)c2)n1. The Morgan fingerprint density at radius 2 is 2.10 bits per heavy atom. The van der Waals surface area contributed by atoms with Gasteiger partial charge in [-0.2, -0.15) is 10.4 Å². The average molecular weight is 284 g/mol. The van der Waals surface area contributed by atoms with Crippen LogP contribution in [0.25, 0.3) is 5.69 Å². The van der Waals surface area contributed by atoms with Crippen LogP contribution in [0.2, 0.25) is 0 Å². The van der Waals surface area contributed by atoms with E-state index in [-0.39, 0.29) is 11.3 Å². The van der Waals surface area contributed by atoms with Crippen molar-refractivity contribution in [1.29, 1.82) is 5.26 Å². The van der Waals surface area contributed by atoms with Gasteiger partial charge in [0.15, 0.2) is 0 Å². The monoisotopic (exact) mass is 284 g/mol. The summed E-state index contributed by atoms with van der Waals surface area (Å²) < 4.78 is 6.47. The van der Waals surface area contributed by atoms with Gasteiger partial charge < -0.3 is 10.5 Å². The largest absolute Gasteiger partial charge is 0.411 e. The van der Waals surface area contributed by atoms with Crippen molar-refractivity contribution in [2.24, 2.45) is 5.73 Å². The zero-order chi connectivity index (χ0) is 15.6. The van der Waals surface area contributed by atoms with Gasteiger partial charge in [0.25, 0.3) is 0 Å². The molecule has 0 radical (unpaired) electrons. The van der Waals surface area contributed by atoms with Crippen LogP contribution in [0.5, 0.6) is 5.88 Å². The first-order valence-electron chi connectivity index (χ1n) is 6.39. The lowest BCUT2D eigenvalue weighted by Crippen LogP contribution is -2.18. The first kappa shape index (κ1) is 14.6. The highest BCUT2D eigenvalue weighted by Gasteiger charge is 2.22. The van der Waals surface area contributed by atoms with Crippen LogP contribution < -0.4 is 10.5 Å². The predicted octanol–water partition coefficient (Wildman–Crippen LogP) is 2.50. The number of carbonyl (C=O) groups is 1. The van der Waals surface area contributed by atoms with Gasteiger partial charge in [-0.25, -0.2) is 9.48 Å². The van der Waals surface area contributed by atoms with Crippen molar-refractivity contribution in [2.75, 3.05) is 0 Å². The summed E-state index contributed by atoms with van der Waals surface area (Å²) in [7, 11) is 0. The third-order valence-electron chi connectivity index (χ3n) is 2.87. The molecule has 0 unspecified atom stereocenters. The normalized spacial score (nSPS) is 11.0. The van der Waals surface area contributed by atoms with Gasteiger partial charge in [-0.05, 0) is 18.2 Å². The van der Waals surface area contributed by atoms with E-state index in [1.807, 2.05) is 20.8 Å². The number of primary amides is 1. The molecule has 0 aliphatic heterocycles. The Labute approximate surface area is 122 Å². The second kappa shape index (κ2) is 5.29. The fourth-order valence-electron chi connectivity index (χ4n) is 1.80. The van der Waals surface area contributed by atoms with Gasteiger partial charge in [-0.3, -0.25) is 0 Å². The number of hydrogen-bond donors (Lipinski definition) is 1. The number of nitriles is 1. The molecule has 1 aromatic heterocycles. The Bertz CT molecular complexity index is 720. The Balaban J connectivity index is 2.57. The molecular formula is C15H16N4O2. The molecule has 2 rings (SSSR count). The molecule has 0 aliphatic rings. The minimum absolute atomic E-state index is 0.214. The smallest absolute Gasteiger partial charge is 0.391 e. The van der Waals surface area contributed by atoms with Crippen molar-refractivity contribution < 1.29 is 9.53 Å². The highest BCUT2D eigenvalue weighted by molar-refractivity contribution is 5.67. The van der Waals surface area contributed by atoms with Crippen molar-refractivity contribution in [3.8, 4) is 17.6 Å².